The topological polar surface area (TPSA) is 87.1 Å². The van der Waals surface area contributed by atoms with Crippen molar-refractivity contribution in [1.29, 1.82) is 0 Å². The molecule has 0 spiro atoms. The van der Waals surface area contributed by atoms with Crippen LogP contribution in [0.5, 0.6) is 11.5 Å². The van der Waals surface area contributed by atoms with Crippen molar-refractivity contribution < 1.29 is 29.0 Å². The molecule has 224 valence electrons. The number of phenolic OH excluding ortho intramolecular Hbond substituents is 2. The molecule has 0 amide bonds. The van der Waals surface area contributed by atoms with Gasteiger partial charge in [0.05, 0.1) is 24.2 Å². The van der Waals surface area contributed by atoms with Crippen LogP contribution in [0.3, 0.4) is 0 Å². The fourth-order valence-electron chi connectivity index (χ4n) is 6.45. The number of ketones is 2. The summed E-state index contributed by atoms with van der Waals surface area (Å²) in [4.78, 5) is 35.6. The Morgan fingerprint density at radius 3 is 1.45 bits per heavy atom. The largest absolute Gasteiger partial charge is 0.507 e. The molecule has 8 nitrogen and oxygen atoms in total. The van der Waals surface area contributed by atoms with E-state index in [4.69, 9.17) is 0 Å². The van der Waals surface area contributed by atoms with Crippen molar-refractivity contribution in [3.05, 3.63) is 83.0 Å². The van der Waals surface area contributed by atoms with Gasteiger partial charge in [0, 0.05) is 12.2 Å². The highest BCUT2D eigenvalue weighted by Gasteiger charge is 2.51. The molecule has 0 bridgehead atoms. The lowest BCUT2D eigenvalue weighted by Crippen LogP contribution is -2.39. The number of fused-ring (bicyclic) bond motifs is 9. The number of phenols is 2. The van der Waals surface area contributed by atoms with Crippen LogP contribution in [0.2, 0.25) is 0 Å². The van der Waals surface area contributed by atoms with Gasteiger partial charge in [-0.15, -0.1) is 0 Å². The Morgan fingerprint density at radius 2 is 1.07 bits per heavy atom. The average molecular weight is 627 g/mol. The standard InChI is InChI=1S/C34H32N4O4S2/c1-35(2)15-17-37-19-9-5-7-11-23(19)43-33-29(37)27-28(32(42)26-22(40)14-13-21(39)25(26)31(27)41)30-34(33)44-24-12-8-6-10-20(24)38(30)18-16-36(3)4/h5-14,23-24H,15-18H2,1-4H3/p+2. The SMILES string of the molecule is CN(C)CC[N+]1=C2C=CC=CC2Sc2c3c(c4c(c21)C(=O)c1c(O)ccc(O)c1C4=O)[N+](CCN(C)C)=C1C=CC=CC1S3. The summed E-state index contributed by atoms with van der Waals surface area (Å²) < 4.78 is 4.40. The summed E-state index contributed by atoms with van der Waals surface area (Å²) in [6, 6.07) is 2.57. The maximum absolute atomic E-state index is 14.7. The summed E-state index contributed by atoms with van der Waals surface area (Å²) in [5.74, 6) is -1.52. The second-order valence-corrected chi connectivity index (χ2v) is 14.2. The van der Waals surface area contributed by atoms with Crippen molar-refractivity contribution in [2.75, 3.05) is 54.4 Å². The summed E-state index contributed by atoms with van der Waals surface area (Å²) in [5, 5.41) is 22.0. The molecule has 2 N–H and O–H groups in total. The molecule has 2 aromatic carbocycles. The van der Waals surface area contributed by atoms with Crippen molar-refractivity contribution in [2.24, 2.45) is 0 Å². The zero-order chi connectivity index (χ0) is 30.9. The minimum absolute atomic E-state index is 0.0407. The minimum Gasteiger partial charge on any atom is -0.507 e. The number of hydrogen-bond acceptors (Lipinski definition) is 8. The number of nitrogens with zero attached hydrogens (tertiary/aromatic N) is 4. The number of hydrogen-bond donors (Lipinski definition) is 2. The first-order chi connectivity index (χ1) is 21.2. The number of rotatable bonds is 6. The minimum atomic E-state index is -0.448. The van der Waals surface area contributed by atoms with Gasteiger partial charge in [-0.2, -0.15) is 9.15 Å². The van der Waals surface area contributed by atoms with E-state index in [1.54, 1.807) is 23.5 Å². The van der Waals surface area contributed by atoms with Crippen LogP contribution in [0, 0.1) is 0 Å². The molecular weight excluding hydrogens is 593 g/mol. The Balaban J connectivity index is 1.62. The molecule has 5 aliphatic rings. The van der Waals surface area contributed by atoms with Gasteiger partial charge in [-0.05, 0) is 40.3 Å². The Kier molecular flexibility index (Phi) is 7.28. The van der Waals surface area contributed by atoms with Crippen LogP contribution in [0.4, 0.5) is 11.4 Å². The Labute approximate surface area is 265 Å². The van der Waals surface area contributed by atoms with Crippen LogP contribution in [0.25, 0.3) is 0 Å². The van der Waals surface area contributed by atoms with Gasteiger partial charge in [-0.3, -0.25) is 9.59 Å². The van der Waals surface area contributed by atoms with Crippen molar-refractivity contribution in [1.82, 2.24) is 9.80 Å². The average Bonchev–Trinajstić information content (AvgIpc) is 3.00. The van der Waals surface area contributed by atoms with Crippen LogP contribution in [0.15, 0.2) is 70.5 Å². The Morgan fingerprint density at radius 1 is 0.659 bits per heavy atom. The molecule has 0 saturated carbocycles. The van der Waals surface area contributed by atoms with E-state index >= 15 is 0 Å². The third-order valence-electron chi connectivity index (χ3n) is 8.54. The predicted octanol–water partition coefficient (Wildman–Crippen LogP) is 4.37. The number of carbonyl (C=O) groups is 2. The second-order valence-electron chi connectivity index (χ2n) is 11.9. The quantitative estimate of drug-likeness (QED) is 0.308. The van der Waals surface area contributed by atoms with Gasteiger partial charge in [0.2, 0.25) is 22.9 Å². The van der Waals surface area contributed by atoms with E-state index in [1.165, 1.54) is 12.1 Å². The van der Waals surface area contributed by atoms with Crippen molar-refractivity contribution in [3.63, 3.8) is 0 Å². The number of benzene rings is 2. The van der Waals surface area contributed by atoms with Gasteiger partial charge in [0.1, 0.15) is 42.9 Å². The molecule has 44 heavy (non-hydrogen) atoms. The summed E-state index contributed by atoms with van der Waals surface area (Å²) in [7, 11) is 8.08. The van der Waals surface area contributed by atoms with E-state index in [1.807, 2.05) is 40.3 Å². The molecule has 2 heterocycles. The van der Waals surface area contributed by atoms with Gasteiger partial charge >= 0.3 is 0 Å². The zero-order valence-corrected chi connectivity index (χ0v) is 26.7. The molecule has 0 fully saturated rings. The number of aromatic hydroxyl groups is 2. The normalized spacial score (nSPS) is 21.0. The number of likely N-dealkylation sites (N-methyl/N-ethyl adjacent to an activating group) is 2. The van der Waals surface area contributed by atoms with Crippen molar-refractivity contribution in [2.45, 2.75) is 20.3 Å². The smallest absolute Gasteiger partial charge is 0.232 e. The molecule has 3 aliphatic carbocycles. The highest BCUT2D eigenvalue weighted by molar-refractivity contribution is 8.04. The maximum atomic E-state index is 14.7. The maximum Gasteiger partial charge on any atom is 0.232 e. The van der Waals surface area contributed by atoms with Gasteiger partial charge in [0.25, 0.3) is 0 Å². The summed E-state index contributed by atoms with van der Waals surface area (Å²) >= 11 is 3.42. The van der Waals surface area contributed by atoms with Gasteiger partial charge in [0.15, 0.2) is 24.5 Å². The van der Waals surface area contributed by atoms with Crippen LogP contribution in [-0.2, 0) is 0 Å². The lowest BCUT2D eigenvalue weighted by molar-refractivity contribution is -0.450. The highest BCUT2D eigenvalue weighted by atomic mass is 32.2. The van der Waals surface area contributed by atoms with Gasteiger partial charge in [-0.1, -0.05) is 60.0 Å². The molecule has 10 heteroatoms. The summed E-state index contributed by atoms with van der Waals surface area (Å²) in [6.07, 6.45) is 16.7. The molecular formula is C34H34N4O4S2+2. The molecule has 0 aromatic heterocycles. The van der Waals surface area contributed by atoms with Crippen LogP contribution in [-0.4, -0.2) is 117 Å². The number of carbonyl (C=O) groups excluding carboxylic acids is 2. The molecule has 0 saturated heterocycles. The number of thioether (sulfide) groups is 2. The third-order valence-corrected chi connectivity index (χ3v) is 11.2. The first kappa shape index (κ1) is 29.0. The van der Waals surface area contributed by atoms with Crippen LogP contribution in [0.1, 0.15) is 31.8 Å². The Bertz CT molecular complexity index is 1720. The molecule has 2 aliphatic heterocycles. The zero-order valence-electron chi connectivity index (χ0n) is 25.1. The fraction of sp³-hybridized carbons (Fsp3) is 0.294. The van der Waals surface area contributed by atoms with E-state index < -0.39 is 11.6 Å². The molecule has 0 radical (unpaired) electrons. The fourth-order valence-corrected chi connectivity index (χ4v) is 9.29. The van der Waals surface area contributed by atoms with Crippen LogP contribution < -0.4 is 0 Å². The van der Waals surface area contributed by atoms with E-state index in [9.17, 15) is 19.8 Å². The van der Waals surface area contributed by atoms with Crippen molar-refractivity contribution >= 4 is 57.9 Å². The lowest BCUT2D eigenvalue weighted by Gasteiger charge is -2.32. The molecule has 7 rings (SSSR count). The van der Waals surface area contributed by atoms with E-state index in [-0.39, 0.29) is 33.1 Å². The van der Waals surface area contributed by atoms with Crippen LogP contribution >= 0.6 is 23.5 Å². The predicted molar refractivity (Wildman–Crippen MR) is 176 cm³/mol. The third kappa shape index (κ3) is 4.46. The van der Waals surface area contributed by atoms with Gasteiger partial charge < -0.3 is 20.0 Å². The summed E-state index contributed by atoms with van der Waals surface area (Å²) in [6.45, 7) is 2.67. The molecule has 2 aromatic rings. The number of allylic oxidation sites excluding steroid dienone is 6. The first-order valence-corrected chi connectivity index (χ1v) is 16.4. The highest BCUT2D eigenvalue weighted by Crippen LogP contribution is 2.57. The summed E-state index contributed by atoms with van der Waals surface area (Å²) in [5.41, 5.74) is 3.84. The monoisotopic (exact) mass is 626 g/mol. The molecule has 2 atom stereocenters. The van der Waals surface area contributed by atoms with E-state index in [0.717, 1.165) is 34.3 Å². The first-order valence-electron chi connectivity index (χ1n) is 14.7. The van der Waals surface area contributed by atoms with Gasteiger partial charge in [-0.25, -0.2) is 0 Å². The van der Waals surface area contributed by atoms with E-state index in [2.05, 4.69) is 55.4 Å². The Hall–Kier alpha value is -3.70. The van der Waals surface area contributed by atoms with Crippen molar-refractivity contribution in [3.8, 4) is 11.5 Å². The second kappa shape index (κ2) is 11.0. The van der Waals surface area contributed by atoms with E-state index in [0.29, 0.717) is 35.6 Å². The molecule has 2 unspecified atom stereocenters. The lowest BCUT2D eigenvalue weighted by atomic mass is 9.80.